The number of esters is 2. The average molecular weight is 707 g/mol. The van der Waals surface area contributed by atoms with E-state index in [2.05, 4.69) is 39.8 Å². The molecular weight excluding hydrogens is 624 g/mol. The third-order valence-corrected chi connectivity index (χ3v) is 9.45. The molecule has 0 fully saturated rings. The molecule has 0 aliphatic rings. The van der Waals surface area contributed by atoms with Crippen LogP contribution in [0, 0.1) is 5.92 Å². The third kappa shape index (κ3) is 37.6. The largest absolute Gasteiger partial charge is 0.461 e. The van der Waals surface area contributed by atoms with Gasteiger partial charge in [-0.1, -0.05) is 155 Å². The Morgan fingerprint density at radius 2 is 0.900 bits per heavy atom. The Hall–Kier alpha value is -1.66. The Morgan fingerprint density at radius 1 is 0.480 bits per heavy atom. The first-order valence-electron chi connectivity index (χ1n) is 21.4. The van der Waals surface area contributed by atoms with Crippen LogP contribution in [0.25, 0.3) is 0 Å². The highest BCUT2D eigenvalue weighted by molar-refractivity contribution is 5.69. The Morgan fingerprint density at radius 3 is 1.34 bits per heavy atom. The molecule has 0 aromatic heterocycles. The molecule has 0 saturated carbocycles. The van der Waals surface area contributed by atoms with E-state index in [1.54, 1.807) is 0 Å². The van der Waals surface area contributed by atoms with Crippen molar-refractivity contribution in [3.63, 3.8) is 0 Å². The number of carbonyl (C=O) groups excluding carboxylic acids is 2. The fourth-order valence-electron chi connectivity index (χ4n) is 5.81. The van der Waals surface area contributed by atoms with Gasteiger partial charge in [0, 0.05) is 26.1 Å². The highest BCUT2D eigenvalue weighted by Crippen LogP contribution is 2.17. The molecule has 0 rings (SSSR count). The Labute approximate surface area is 310 Å². The van der Waals surface area contributed by atoms with Gasteiger partial charge in [0.2, 0.25) is 0 Å². The van der Waals surface area contributed by atoms with Crippen molar-refractivity contribution >= 4 is 11.9 Å². The SMILES string of the molecule is CCCCCC/C=C\COC(=O)CCCCCCCCOC(CCCC(C)CC)OCCCCCCCCC(=O)OC/C=C\CCCCCC. The molecule has 0 N–H and O–H groups in total. The minimum Gasteiger partial charge on any atom is -0.461 e. The number of hydrogen-bond acceptors (Lipinski definition) is 6. The zero-order valence-corrected chi connectivity index (χ0v) is 33.5. The molecular formula is C44H82O6. The monoisotopic (exact) mass is 707 g/mol. The van der Waals surface area contributed by atoms with Gasteiger partial charge in [0.15, 0.2) is 6.29 Å². The molecule has 0 amide bonds. The minimum absolute atomic E-state index is 0.0744. The van der Waals surface area contributed by atoms with Crippen molar-refractivity contribution in [3.8, 4) is 0 Å². The quantitative estimate of drug-likeness (QED) is 0.0274. The number of ether oxygens (including phenoxy) is 4. The highest BCUT2D eigenvalue weighted by atomic mass is 16.7. The summed E-state index contributed by atoms with van der Waals surface area (Å²) in [6.45, 7) is 11.4. The van der Waals surface area contributed by atoms with Crippen LogP contribution in [-0.4, -0.2) is 44.7 Å². The molecule has 0 heterocycles. The van der Waals surface area contributed by atoms with Crippen LogP contribution in [-0.2, 0) is 28.5 Å². The molecule has 294 valence electrons. The van der Waals surface area contributed by atoms with Crippen molar-refractivity contribution in [3.05, 3.63) is 24.3 Å². The maximum atomic E-state index is 11.9. The number of carbonyl (C=O) groups is 2. The van der Waals surface area contributed by atoms with Crippen LogP contribution in [0.15, 0.2) is 24.3 Å². The van der Waals surface area contributed by atoms with E-state index < -0.39 is 0 Å². The molecule has 50 heavy (non-hydrogen) atoms. The van der Waals surface area contributed by atoms with Gasteiger partial charge in [-0.25, -0.2) is 0 Å². The Kier molecular flexibility index (Phi) is 38.8. The van der Waals surface area contributed by atoms with Gasteiger partial charge >= 0.3 is 11.9 Å². The zero-order chi connectivity index (χ0) is 36.6. The van der Waals surface area contributed by atoms with Crippen molar-refractivity contribution in [2.45, 2.75) is 214 Å². The first-order valence-corrected chi connectivity index (χ1v) is 21.4. The van der Waals surface area contributed by atoms with Crippen LogP contribution in [0.5, 0.6) is 0 Å². The predicted octanol–water partition coefficient (Wildman–Crippen LogP) is 13.2. The van der Waals surface area contributed by atoms with E-state index in [1.807, 2.05) is 12.2 Å². The summed E-state index contributed by atoms with van der Waals surface area (Å²) in [5.74, 6) is 0.604. The van der Waals surface area contributed by atoms with Crippen molar-refractivity contribution < 1.29 is 28.5 Å². The van der Waals surface area contributed by atoms with Gasteiger partial charge < -0.3 is 18.9 Å². The minimum atomic E-state index is -0.0945. The van der Waals surface area contributed by atoms with Gasteiger partial charge in [-0.15, -0.1) is 0 Å². The lowest BCUT2D eigenvalue weighted by molar-refractivity contribution is -0.148. The first-order chi connectivity index (χ1) is 24.5. The zero-order valence-electron chi connectivity index (χ0n) is 33.5. The second-order valence-corrected chi connectivity index (χ2v) is 14.4. The van der Waals surface area contributed by atoms with Crippen LogP contribution in [0.2, 0.25) is 0 Å². The van der Waals surface area contributed by atoms with Crippen LogP contribution in [0.4, 0.5) is 0 Å². The van der Waals surface area contributed by atoms with E-state index in [0.717, 1.165) is 109 Å². The summed E-state index contributed by atoms with van der Waals surface area (Å²) in [4.78, 5) is 23.9. The lowest BCUT2D eigenvalue weighted by atomic mass is 10.0. The maximum Gasteiger partial charge on any atom is 0.306 e. The third-order valence-electron chi connectivity index (χ3n) is 9.45. The molecule has 6 nitrogen and oxygen atoms in total. The molecule has 0 aromatic carbocycles. The summed E-state index contributed by atoms with van der Waals surface area (Å²) in [5.41, 5.74) is 0. The molecule has 1 atom stereocenters. The average Bonchev–Trinajstić information content (AvgIpc) is 3.11. The van der Waals surface area contributed by atoms with Gasteiger partial charge in [-0.05, 0) is 70.1 Å². The van der Waals surface area contributed by atoms with Crippen molar-refractivity contribution in [1.82, 2.24) is 0 Å². The van der Waals surface area contributed by atoms with Crippen LogP contribution < -0.4 is 0 Å². The molecule has 0 aromatic rings. The van der Waals surface area contributed by atoms with E-state index in [9.17, 15) is 9.59 Å². The fourth-order valence-corrected chi connectivity index (χ4v) is 5.81. The lowest BCUT2D eigenvalue weighted by Gasteiger charge is -2.19. The maximum absolute atomic E-state index is 11.9. The number of rotatable bonds is 39. The van der Waals surface area contributed by atoms with E-state index in [0.29, 0.717) is 26.1 Å². The van der Waals surface area contributed by atoms with Gasteiger partial charge in [0.05, 0.1) is 0 Å². The summed E-state index contributed by atoms with van der Waals surface area (Å²) in [7, 11) is 0. The number of unbranched alkanes of at least 4 members (excludes halogenated alkanes) is 18. The van der Waals surface area contributed by atoms with E-state index in [1.165, 1.54) is 77.0 Å². The van der Waals surface area contributed by atoms with Crippen molar-refractivity contribution in [2.24, 2.45) is 5.92 Å². The van der Waals surface area contributed by atoms with Crippen molar-refractivity contribution in [2.75, 3.05) is 26.4 Å². The molecule has 0 radical (unpaired) electrons. The van der Waals surface area contributed by atoms with Gasteiger partial charge in [0.1, 0.15) is 13.2 Å². The summed E-state index contributed by atoms with van der Waals surface area (Å²) in [6.07, 6.45) is 39.1. The molecule has 0 aliphatic heterocycles. The summed E-state index contributed by atoms with van der Waals surface area (Å²) in [5, 5.41) is 0. The molecule has 6 heteroatoms. The van der Waals surface area contributed by atoms with Gasteiger partial charge in [0.25, 0.3) is 0 Å². The Bertz CT molecular complexity index is 722. The predicted molar refractivity (Wildman–Crippen MR) is 211 cm³/mol. The fraction of sp³-hybridized carbons (Fsp3) is 0.864. The van der Waals surface area contributed by atoms with Gasteiger partial charge in [-0.3, -0.25) is 9.59 Å². The summed E-state index contributed by atoms with van der Waals surface area (Å²) >= 11 is 0. The number of allylic oxidation sites excluding steroid dienone is 2. The van der Waals surface area contributed by atoms with Crippen LogP contribution in [0.1, 0.15) is 207 Å². The second-order valence-electron chi connectivity index (χ2n) is 14.4. The highest BCUT2D eigenvalue weighted by Gasteiger charge is 2.11. The lowest BCUT2D eigenvalue weighted by Crippen LogP contribution is -2.19. The topological polar surface area (TPSA) is 71.1 Å². The first kappa shape index (κ1) is 48.3. The van der Waals surface area contributed by atoms with Gasteiger partial charge in [-0.2, -0.15) is 0 Å². The molecule has 0 spiro atoms. The smallest absolute Gasteiger partial charge is 0.306 e. The molecule has 1 unspecified atom stereocenters. The standard InChI is InChI=1S/C44H82O6/c1-5-8-10-12-16-22-28-37-47-42(45)34-26-20-14-18-24-30-39-49-44(36-32-33-41(4)7-3)50-40-31-25-19-15-21-27-35-43(46)48-38-29-23-17-13-11-9-6-2/h22-23,28-29,41,44H,5-21,24-27,30-40H2,1-4H3/b28-22-,29-23-. The van der Waals surface area contributed by atoms with Crippen LogP contribution >= 0.6 is 0 Å². The number of hydrogen-bond donors (Lipinski definition) is 0. The second kappa shape index (κ2) is 40.1. The summed E-state index contributed by atoms with van der Waals surface area (Å²) < 4.78 is 23.0. The van der Waals surface area contributed by atoms with Crippen molar-refractivity contribution in [1.29, 1.82) is 0 Å². The van der Waals surface area contributed by atoms with E-state index in [-0.39, 0.29) is 18.2 Å². The Balaban J connectivity index is 3.87. The van der Waals surface area contributed by atoms with E-state index in [4.69, 9.17) is 18.9 Å². The van der Waals surface area contributed by atoms with Crippen LogP contribution in [0.3, 0.4) is 0 Å². The molecule has 0 aliphatic carbocycles. The molecule has 0 saturated heterocycles. The van der Waals surface area contributed by atoms with E-state index >= 15 is 0 Å². The normalized spacial score (nSPS) is 12.4. The summed E-state index contributed by atoms with van der Waals surface area (Å²) in [6, 6.07) is 0. The molecule has 0 bridgehead atoms.